The minimum Gasteiger partial charge on any atom is -0.336 e. The fourth-order valence-electron chi connectivity index (χ4n) is 1.58. The topological polar surface area (TPSA) is 58.4 Å². The molecule has 0 bridgehead atoms. The van der Waals surface area contributed by atoms with Crippen LogP contribution in [0.5, 0.6) is 0 Å². The molecule has 2 amide bonds. The van der Waals surface area contributed by atoms with Crippen LogP contribution in [0.2, 0.25) is 0 Å². The fraction of sp³-hybridized carbons (Fsp3) is 0.462. The third kappa shape index (κ3) is 3.75. The minimum absolute atomic E-state index is 0.0667. The van der Waals surface area contributed by atoms with Gasteiger partial charge in [-0.1, -0.05) is 12.1 Å². The number of anilines is 1. The molecule has 17 heavy (non-hydrogen) atoms. The number of rotatable bonds is 4. The lowest BCUT2D eigenvalue weighted by atomic mass is 10.2. The van der Waals surface area contributed by atoms with Gasteiger partial charge in [0.05, 0.1) is 0 Å². The maximum absolute atomic E-state index is 11.9. The summed E-state index contributed by atoms with van der Waals surface area (Å²) < 4.78 is 0. The van der Waals surface area contributed by atoms with Crippen LogP contribution in [0.4, 0.5) is 10.5 Å². The number of amides is 2. The molecule has 0 saturated carbocycles. The Hall–Kier alpha value is -1.55. The highest BCUT2D eigenvalue weighted by molar-refractivity contribution is 5.92. The monoisotopic (exact) mass is 235 g/mol. The molecule has 94 valence electrons. The smallest absolute Gasteiger partial charge is 0.322 e. The van der Waals surface area contributed by atoms with Crippen LogP contribution in [-0.2, 0) is 6.54 Å². The lowest BCUT2D eigenvalue weighted by Gasteiger charge is -2.23. The van der Waals surface area contributed by atoms with Crippen molar-refractivity contribution < 1.29 is 4.79 Å². The fourth-order valence-corrected chi connectivity index (χ4v) is 1.58. The zero-order chi connectivity index (χ0) is 12.8. The Morgan fingerprint density at radius 2 is 1.94 bits per heavy atom. The Morgan fingerprint density at radius 3 is 2.35 bits per heavy atom. The van der Waals surface area contributed by atoms with Gasteiger partial charge in [0.25, 0.3) is 0 Å². The van der Waals surface area contributed by atoms with Crippen LogP contribution in [0.25, 0.3) is 0 Å². The van der Waals surface area contributed by atoms with E-state index in [1.807, 2.05) is 45.0 Å². The maximum atomic E-state index is 11.9. The Morgan fingerprint density at radius 1 is 1.35 bits per heavy atom. The standard InChI is InChI=1S/C13H21N3O/c1-4-16(13(17)15-10(2)3)12-7-5-11(9-14)6-8-12/h5-8,10H,4,9,14H2,1-3H3,(H,15,17). The molecule has 0 atom stereocenters. The summed E-state index contributed by atoms with van der Waals surface area (Å²) in [6.45, 7) is 7.01. The van der Waals surface area contributed by atoms with Crippen molar-refractivity contribution in [2.45, 2.75) is 33.4 Å². The Balaban J connectivity index is 2.81. The highest BCUT2D eigenvalue weighted by atomic mass is 16.2. The first-order valence-corrected chi connectivity index (χ1v) is 5.95. The molecule has 0 aliphatic rings. The first-order valence-electron chi connectivity index (χ1n) is 5.95. The number of hydrogen-bond donors (Lipinski definition) is 2. The molecule has 1 aromatic rings. The third-order valence-electron chi connectivity index (χ3n) is 2.46. The highest BCUT2D eigenvalue weighted by Gasteiger charge is 2.13. The first-order chi connectivity index (χ1) is 8.08. The van der Waals surface area contributed by atoms with E-state index in [1.54, 1.807) is 4.90 Å². The summed E-state index contributed by atoms with van der Waals surface area (Å²) in [6, 6.07) is 7.81. The van der Waals surface area contributed by atoms with E-state index >= 15 is 0 Å². The van der Waals surface area contributed by atoms with E-state index in [2.05, 4.69) is 5.32 Å². The van der Waals surface area contributed by atoms with Gasteiger partial charge in [-0.15, -0.1) is 0 Å². The molecule has 4 nitrogen and oxygen atoms in total. The lowest BCUT2D eigenvalue weighted by Crippen LogP contribution is -2.43. The van der Waals surface area contributed by atoms with Gasteiger partial charge < -0.3 is 11.1 Å². The summed E-state index contributed by atoms with van der Waals surface area (Å²) in [5.74, 6) is 0. The second-order valence-electron chi connectivity index (χ2n) is 4.22. The van der Waals surface area contributed by atoms with Crippen LogP contribution in [0.1, 0.15) is 26.3 Å². The maximum Gasteiger partial charge on any atom is 0.322 e. The summed E-state index contributed by atoms with van der Waals surface area (Å²) in [4.78, 5) is 13.6. The van der Waals surface area contributed by atoms with Gasteiger partial charge in [-0.2, -0.15) is 0 Å². The van der Waals surface area contributed by atoms with Crippen LogP contribution >= 0.6 is 0 Å². The SMILES string of the molecule is CCN(C(=O)NC(C)C)c1ccc(CN)cc1. The molecule has 0 unspecified atom stereocenters. The molecular formula is C13H21N3O. The van der Waals surface area contributed by atoms with E-state index < -0.39 is 0 Å². The molecule has 1 rings (SSSR count). The molecular weight excluding hydrogens is 214 g/mol. The number of nitrogens with one attached hydrogen (secondary N) is 1. The van der Waals surface area contributed by atoms with E-state index in [0.717, 1.165) is 11.3 Å². The van der Waals surface area contributed by atoms with E-state index in [-0.39, 0.29) is 12.1 Å². The quantitative estimate of drug-likeness (QED) is 0.839. The molecule has 0 aromatic heterocycles. The van der Waals surface area contributed by atoms with E-state index in [0.29, 0.717) is 13.1 Å². The van der Waals surface area contributed by atoms with Crippen LogP contribution in [0.15, 0.2) is 24.3 Å². The zero-order valence-electron chi connectivity index (χ0n) is 10.7. The van der Waals surface area contributed by atoms with Crippen molar-refractivity contribution in [2.24, 2.45) is 5.73 Å². The van der Waals surface area contributed by atoms with Gasteiger partial charge in [0, 0.05) is 24.8 Å². The van der Waals surface area contributed by atoms with E-state index in [1.165, 1.54) is 0 Å². The number of hydrogen-bond acceptors (Lipinski definition) is 2. The van der Waals surface area contributed by atoms with E-state index in [9.17, 15) is 4.79 Å². The first kappa shape index (κ1) is 13.5. The largest absolute Gasteiger partial charge is 0.336 e. The van der Waals surface area contributed by atoms with Crippen LogP contribution in [0.3, 0.4) is 0 Å². The summed E-state index contributed by atoms with van der Waals surface area (Å²) in [6.07, 6.45) is 0. The molecule has 0 aliphatic carbocycles. The van der Waals surface area contributed by atoms with Gasteiger partial charge in [0.2, 0.25) is 0 Å². The summed E-state index contributed by atoms with van der Waals surface area (Å²) in [5.41, 5.74) is 7.50. The Bertz CT molecular complexity index is 359. The van der Waals surface area contributed by atoms with Crippen molar-refractivity contribution in [2.75, 3.05) is 11.4 Å². The summed E-state index contributed by atoms with van der Waals surface area (Å²) >= 11 is 0. The average Bonchev–Trinajstić information content (AvgIpc) is 2.30. The van der Waals surface area contributed by atoms with Gasteiger partial charge in [-0.3, -0.25) is 4.90 Å². The molecule has 4 heteroatoms. The van der Waals surface area contributed by atoms with Gasteiger partial charge in [-0.05, 0) is 38.5 Å². The van der Waals surface area contributed by atoms with E-state index in [4.69, 9.17) is 5.73 Å². The van der Waals surface area contributed by atoms with Gasteiger partial charge in [0.15, 0.2) is 0 Å². The van der Waals surface area contributed by atoms with Gasteiger partial charge >= 0.3 is 6.03 Å². The predicted octanol–water partition coefficient (Wildman–Crippen LogP) is 2.09. The lowest BCUT2D eigenvalue weighted by molar-refractivity contribution is 0.244. The summed E-state index contributed by atoms with van der Waals surface area (Å²) in [5, 5.41) is 2.88. The molecule has 0 heterocycles. The molecule has 0 spiro atoms. The summed E-state index contributed by atoms with van der Waals surface area (Å²) in [7, 11) is 0. The molecule has 0 radical (unpaired) electrons. The minimum atomic E-state index is -0.0667. The number of urea groups is 1. The number of carbonyl (C=O) groups excluding carboxylic acids is 1. The zero-order valence-corrected chi connectivity index (χ0v) is 10.7. The second kappa shape index (κ2) is 6.25. The predicted molar refractivity (Wildman–Crippen MR) is 71.0 cm³/mol. The van der Waals surface area contributed by atoms with Gasteiger partial charge in [0.1, 0.15) is 0 Å². The number of benzene rings is 1. The van der Waals surface area contributed by atoms with Gasteiger partial charge in [-0.25, -0.2) is 4.79 Å². The molecule has 0 fully saturated rings. The number of nitrogens with two attached hydrogens (primary N) is 1. The van der Waals surface area contributed by atoms with Crippen LogP contribution < -0.4 is 16.0 Å². The Labute approximate surface area is 103 Å². The molecule has 3 N–H and O–H groups in total. The van der Waals surface area contributed by atoms with Crippen molar-refractivity contribution in [3.05, 3.63) is 29.8 Å². The average molecular weight is 235 g/mol. The Kier molecular flexibility index (Phi) is 4.97. The number of nitrogens with zero attached hydrogens (tertiary/aromatic N) is 1. The van der Waals surface area contributed by atoms with Crippen molar-refractivity contribution in [1.29, 1.82) is 0 Å². The van der Waals surface area contributed by atoms with Crippen molar-refractivity contribution in [3.8, 4) is 0 Å². The van der Waals surface area contributed by atoms with Crippen molar-refractivity contribution >= 4 is 11.7 Å². The third-order valence-corrected chi connectivity index (χ3v) is 2.46. The second-order valence-corrected chi connectivity index (χ2v) is 4.22. The van der Waals surface area contributed by atoms with Crippen LogP contribution in [0, 0.1) is 0 Å². The normalized spacial score (nSPS) is 10.4. The number of carbonyl (C=O) groups is 1. The molecule has 0 saturated heterocycles. The molecule has 1 aromatic carbocycles. The highest BCUT2D eigenvalue weighted by Crippen LogP contribution is 2.15. The van der Waals surface area contributed by atoms with Crippen molar-refractivity contribution in [1.82, 2.24) is 5.32 Å². The molecule has 0 aliphatic heterocycles. The van der Waals surface area contributed by atoms with Crippen molar-refractivity contribution in [3.63, 3.8) is 0 Å². The van der Waals surface area contributed by atoms with Crippen LogP contribution in [-0.4, -0.2) is 18.6 Å².